The Morgan fingerprint density at radius 1 is 1.00 bits per heavy atom. The zero-order chi connectivity index (χ0) is 9.80. The lowest BCUT2D eigenvalue weighted by atomic mass is 9.91. The van der Waals surface area contributed by atoms with Gasteiger partial charge in [0.05, 0.1) is 0 Å². The van der Waals surface area contributed by atoms with E-state index in [1.165, 1.54) is 11.5 Å². The molecule has 0 amide bonds. The maximum absolute atomic E-state index is 5.55. The summed E-state index contributed by atoms with van der Waals surface area (Å²) in [7, 11) is 0. The Balaban J connectivity index is 2.13. The third-order valence-corrected chi connectivity index (χ3v) is 2.46. The first kappa shape index (κ1) is 9.22. The Labute approximate surface area is 84.9 Å². The largest absolute Gasteiger partial charge is 0.329 e. The molecule has 71 valence electrons. The molecule has 1 aliphatic rings. The molecule has 0 saturated heterocycles. The molecule has 1 radical (unpaired) electrons. The molecule has 2 rings (SSSR count). The third kappa shape index (κ3) is 1.94. The van der Waals surface area contributed by atoms with Gasteiger partial charge in [0.1, 0.15) is 0 Å². The van der Waals surface area contributed by atoms with Crippen molar-refractivity contribution >= 4 is 0 Å². The minimum Gasteiger partial charge on any atom is -0.329 e. The van der Waals surface area contributed by atoms with Crippen molar-refractivity contribution in [1.29, 1.82) is 0 Å². The molecular weight excluding hydrogens is 170 g/mol. The highest BCUT2D eigenvalue weighted by Gasteiger charge is 2.09. The van der Waals surface area contributed by atoms with Gasteiger partial charge in [-0.25, -0.2) is 0 Å². The van der Waals surface area contributed by atoms with Crippen LogP contribution in [0.5, 0.6) is 0 Å². The Kier molecular flexibility index (Phi) is 2.80. The number of benzene rings is 1. The predicted molar refractivity (Wildman–Crippen MR) is 59.8 cm³/mol. The van der Waals surface area contributed by atoms with E-state index in [1.807, 2.05) is 6.07 Å². The van der Waals surface area contributed by atoms with Gasteiger partial charge in [-0.1, -0.05) is 54.6 Å². The van der Waals surface area contributed by atoms with Gasteiger partial charge in [0.25, 0.3) is 0 Å². The summed E-state index contributed by atoms with van der Waals surface area (Å²) in [5.41, 5.74) is 6.88. The molecule has 0 atom stereocenters. The molecule has 0 aliphatic heterocycles. The Morgan fingerprint density at radius 2 is 1.64 bits per heavy atom. The number of nitrogens with two attached hydrogens (primary N) is 1. The van der Waals surface area contributed by atoms with Crippen molar-refractivity contribution in [3.05, 3.63) is 66.1 Å². The predicted octanol–water partition coefficient (Wildman–Crippen LogP) is 2.43. The van der Waals surface area contributed by atoms with Gasteiger partial charge in [-0.15, -0.1) is 0 Å². The fourth-order valence-electron chi connectivity index (χ4n) is 1.61. The zero-order valence-electron chi connectivity index (χ0n) is 8.06. The lowest BCUT2D eigenvalue weighted by Gasteiger charge is -2.15. The highest BCUT2D eigenvalue weighted by molar-refractivity contribution is 5.38. The van der Waals surface area contributed by atoms with Crippen LogP contribution < -0.4 is 5.73 Å². The molecule has 2 N–H and O–H groups in total. The molecule has 0 saturated carbocycles. The summed E-state index contributed by atoms with van der Waals surface area (Å²) in [5, 5.41) is 0. The normalized spacial score (nSPS) is 17.5. The molecule has 1 aromatic rings. The molecular formula is C13H14N. The van der Waals surface area contributed by atoms with E-state index < -0.39 is 0 Å². The van der Waals surface area contributed by atoms with E-state index in [1.54, 1.807) is 0 Å². The van der Waals surface area contributed by atoms with Crippen LogP contribution in [0.2, 0.25) is 0 Å². The smallest absolute Gasteiger partial charge is 0.0323 e. The highest BCUT2D eigenvalue weighted by atomic mass is 14.5. The number of allylic oxidation sites excluding steroid dienone is 2. The van der Waals surface area contributed by atoms with Crippen molar-refractivity contribution in [3.8, 4) is 0 Å². The molecule has 1 aliphatic carbocycles. The lowest BCUT2D eigenvalue weighted by Crippen LogP contribution is -2.10. The average Bonchev–Trinajstić information content (AvgIpc) is 2.30. The summed E-state index contributed by atoms with van der Waals surface area (Å²) in [4.78, 5) is 0. The van der Waals surface area contributed by atoms with Crippen LogP contribution >= 0.6 is 0 Å². The van der Waals surface area contributed by atoms with Gasteiger partial charge in [-0.3, -0.25) is 0 Å². The van der Waals surface area contributed by atoms with Crippen molar-refractivity contribution < 1.29 is 0 Å². The topological polar surface area (TPSA) is 26.0 Å². The molecule has 1 nitrogen and oxygen atoms in total. The first-order chi connectivity index (χ1) is 6.90. The first-order valence-corrected chi connectivity index (χ1v) is 4.87. The van der Waals surface area contributed by atoms with E-state index >= 15 is 0 Å². The van der Waals surface area contributed by atoms with Crippen molar-refractivity contribution in [1.82, 2.24) is 0 Å². The van der Waals surface area contributed by atoms with Gasteiger partial charge in [0.15, 0.2) is 0 Å². The quantitative estimate of drug-likeness (QED) is 0.750. The minimum absolute atomic E-state index is 0.409. The van der Waals surface area contributed by atoms with Crippen LogP contribution in [0.1, 0.15) is 11.5 Å². The van der Waals surface area contributed by atoms with Crippen molar-refractivity contribution in [3.63, 3.8) is 0 Å². The molecule has 0 fully saturated rings. The number of hydrogen-bond acceptors (Lipinski definition) is 1. The van der Waals surface area contributed by atoms with Crippen LogP contribution in [-0.4, -0.2) is 6.54 Å². The van der Waals surface area contributed by atoms with Gasteiger partial charge in [-0.2, -0.15) is 0 Å². The van der Waals surface area contributed by atoms with Crippen molar-refractivity contribution in [2.75, 3.05) is 6.54 Å². The second-order valence-corrected chi connectivity index (χ2v) is 3.43. The van der Waals surface area contributed by atoms with Gasteiger partial charge < -0.3 is 5.73 Å². The maximum Gasteiger partial charge on any atom is 0.0323 e. The Bertz CT molecular complexity index is 324. The van der Waals surface area contributed by atoms with E-state index in [9.17, 15) is 0 Å². The average molecular weight is 184 g/mol. The Morgan fingerprint density at radius 3 is 2.21 bits per heavy atom. The van der Waals surface area contributed by atoms with E-state index in [0.717, 1.165) is 0 Å². The number of hydrogen-bond donors (Lipinski definition) is 1. The van der Waals surface area contributed by atoms with Crippen LogP contribution in [0.15, 0.2) is 54.6 Å². The number of rotatable bonds is 2. The standard InChI is InChI=1S/C13H14N/c14-10-11-6-8-13(9-7-11)12-4-2-1-3-5-12/h1-9,13H,10,14H2. The second-order valence-electron chi connectivity index (χ2n) is 3.43. The van der Waals surface area contributed by atoms with Gasteiger partial charge in [0, 0.05) is 18.4 Å². The molecule has 1 aromatic carbocycles. The SMILES string of the molecule is NC[C]1C=CC(c2ccccc2)C=C1. The molecule has 0 unspecified atom stereocenters. The summed E-state index contributed by atoms with van der Waals surface area (Å²) < 4.78 is 0. The van der Waals surface area contributed by atoms with Crippen molar-refractivity contribution in [2.24, 2.45) is 5.73 Å². The van der Waals surface area contributed by atoms with Crippen LogP contribution in [0.4, 0.5) is 0 Å². The van der Waals surface area contributed by atoms with Gasteiger partial charge >= 0.3 is 0 Å². The second kappa shape index (κ2) is 4.25. The monoisotopic (exact) mass is 184 g/mol. The lowest BCUT2D eigenvalue weighted by molar-refractivity contribution is 1.00. The fraction of sp³-hybridized carbons (Fsp3) is 0.154. The first-order valence-electron chi connectivity index (χ1n) is 4.87. The summed E-state index contributed by atoms with van der Waals surface area (Å²) in [6.45, 7) is 0.620. The summed E-state index contributed by atoms with van der Waals surface area (Å²) >= 11 is 0. The molecule has 0 bridgehead atoms. The van der Waals surface area contributed by atoms with Crippen LogP contribution in [-0.2, 0) is 0 Å². The Hall–Kier alpha value is -1.34. The van der Waals surface area contributed by atoms with Gasteiger partial charge in [-0.05, 0) is 5.56 Å². The molecule has 0 spiro atoms. The maximum atomic E-state index is 5.55. The molecule has 0 heterocycles. The van der Waals surface area contributed by atoms with Crippen LogP contribution in [0.3, 0.4) is 0 Å². The summed E-state index contributed by atoms with van der Waals surface area (Å²) in [5.74, 6) is 1.60. The van der Waals surface area contributed by atoms with E-state index in [-0.39, 0.29) is 0 Å². The van der Waals surface area contributed by atoms with E-state index in [2.05, 4.69) is 48.6 Å². The molecule has 14 heavy (non-hydrogen) atoms. The zero-order valence-corrected chi connectivity index (χ0v) is 8.06. The van der Waals surface area contributed by atoms with E-state index in [0.29, 0.717) is 12.5 Å². The molecule has 0 aromatic heterocycles. The minimum atomic E-state index is 0.409. The van der Waals surface area contributed by atoms with E-state index in [4.69, 9.17) is 5.73 Å². The summed E-state index contributed by atoms with van der Waals surface area (Å²) in [6.07, 6.45) is 8.60. The van der Waals surface area contributed by atoms with Crippen molar-refractivity contribution in [2.45, 2.75) is 5.92 Å². The van der Waals surface area contributed by atoms with Crippen LogP contribution in [0, 0.1) is 5.92 Å². The highest BCUT2D eigenvalue weighted by Crippen LogP contribution is 2.24. The molecule has 1 heteroatoms. The van der Waals surface area contributed by atoms with Crippen LogP contribution in [0.25, 0.3) is 0 Å². The summed E-state index contributed by atoms with van der Waals surface area (Å²) in [6, 6.07) is 10.5. The third-order valence-electron chi connectivity index (χ3n) is 2.46. The fourth-order valence-corrected chi connectivity index (χ4v) is 1.61. The van der Waals surface area contributed by atoms with Gasteiger partial charge in [0.2, 0.25) is 0 Å².